The van der Waals surface area contributed by atoms with Crippen LogP contribution in [0.4, 0.5) is 0 Å². The molecule has 0 radical (unpaired) electrons. The van der Waals surface area contributed by atoms with Crippen molar-refractivity contribution in [3.05, 3.63) is 64.3 Å². The minimum absolute atomic E-state index is 0.0221. The van der Waals surface area contributed by atoms with Crippen LogP contribution in [-0.4, -0.2) is 32.6 Å². The van der Waals surface area contributed by atoms with Crippen molar-refractivity contribution >= 4 is 11.6 Å². The summed E-state index contributed by atoms with van der Waals surface area (Å²) in [7, 11) is 0. The van der Waals surface area contributed by atoms with Gasteiger partial charge in [-0.05, 0) is 71.6 Å². The van der Waals surface area contributed by atoms with E-state index in [1.54, 1.807) is 18.2 Å². The molecule has 4 heteroatoms. The third kappa shape index (κ3) is 3.05. The van der Waals surface area contributed by atoms with Gasteiger partial charge < -0.3 is 20.4 Å². The number of aliphatic hydroxyl groups is 3. The zero-order valence-electron chi connectivity index (χ0n) is 17.2. The van der Waals surface area contributed by atoms with Gasteiger partial charge in [0.2, 0.25) is 0 Å². The third-order valence-corrected chi connectivity index (χ3v) is 7.71. The molecule has 5 rings (SSSR count). The first-order valence-corrected chi connectivity index (χ1v) is 11.2. The average molecular weight is 407 g/mol. The molecule has 0 heterocycles. The van der Waals surface area contributed by atoms with Gasteiger partial charge in [-0.25, -0.2) is 0 Å². The number of rotatable bonds is 2. The van der Waals surface area contributed by atoms with E-state index in [0.717, 1.165) is 47.3 Å². The van der Waals surface area contributed by atoms with Gasteiger partial charge >= 0.3 is 0 Å². The highest BCUT2D eigenvalue weighted by Crippen LogP contribution is 2.57. The van der Waals surface area contributed by atoms with E-state index >= 15 is 0 Å². The van der Waals surface area contributed by atoms with Gasteiger partial charge in [0.1, 0.15) is 11.5 Å². The van der Waals surface area contributed by atoms with Crippen LogP contribution in [0.2, 0.25) is 0 Å². The van der Waals surface area contributed by atoms with E-state index in [0.29, 0.717) is 12.8 Å². The molecule has 4 aliphatic rings. The number of aromatic hydroxyl groups is 1. The molecule has 4 aliphatic carbocycles. The summed E-state index contributed by atoms with van der Waals surface area (Å²) in [4.78, 5) is 0. The molecule has 1 aromatic carbocycles. The Morgan fingerprint density at radius 2 is 1.73 bits per heavy atom. The average Bonchev–Trinajstić information content (AvgIpc) is 2.74. The van der Waals surface area contributed by atoms with Crippen LogP contribution in [0.5, 0.6) is 5.75 Å². The van der Waals surface area contributed by atoms with Crippen molar-refractivity contribution < 1.29 is 20.4 Å². The summed E-state index contributed by atoms with van der Waals surface area (Å²) in [6, 6.07) is 5.41. The lowest BCUT2D eigenvalue weighted by molar-refractivity contribution is -0.00293. The SMILES string of the molecule is OC1=CC2=CC[C@H](O)C(C3(C4=c5ccc(O)cc5=CCC4O)CCCCC3)C2C=C1. The molecule has 158 valence electrons. The van der Waals surface area contributed by atoms with Crippen molar-refractivity contribution in [3.8, 4) is 5.75 Å². The van der Waals surface area contributed by atoms with Gasteiger partial charge in [-0.1, -0.05) is 43.6 Å². The molecule has 1 fully saturated rings. The highest BCUT2D eigenvalue weighted by molar-refractivity contribution is 5.63. The number of phenols is 1. The first kappa shape index (κ1) is 19.7. The molecular weight excluding hydrogens is 376 g/mol. The summed E-state index contributed by atoms with van der Waals surface area (Å²) >= 11 is 0. The maximum Gasteiger partial charge on any atom is 0.116 e. The quantitative estimate of drug-likeness (QED) is 0.609. The second kappa shape index (κ2) is 7.44. The highest BCUT2D eigenvalue weighted by Gasteiger charge is 2.52. The molecule has 1 saturated carbocycles. The van der Waals surface area contributed by atoms with Gasteiger partial charge in [-0.2, -0.15) is 0 Å². The van der Waals surface area contributed by atoms with Crippen molar-refractivity contribution in [1.29, 1.82) is 0 Å². The summed E-state index contributed by atoms with van der Waals surface area (Å²) in [5.41, 5.74) is 1.79. The highest BCUT2D eigenvalue weighted by atomic mass is 16.3. The topological polar surface area (TPSA) is 80.9 Å². The number of hydrogen-bond acceptors (Lipinski definition) is 4. The number of hydrogen-bond donors (Lipinski definition) is 4. The maximum atomic E-state index is 11.3. The summed E-state index contributed by atoms with van der Waals surface area (Å²) in [6.07, 6.45) is 14.9. The monoisotopic (exact) mass is 406 g/mol. The van der Waals surface area contributed by atoms with Crippen molar-refractivity contribution in [2.24, 2.45) is 17.3 Å². The Morgan fingerprint density at radius 3 is 2.53 bits per heavy atom. The van der Waals surface area contributed by atoms with Gasteiger partial charge in [0, 0.05) is 17.3 Å². The van der Waals surface area contributed by atoms with E-state index in [-0.39, 0.29) is 28.8 Å². The fourth-order valence-electron chi connectivity index (χ4n) is 6.57. The molecule has 0 saturated heterocycles. The molecule has 0 aromatic heterocycles. The molecular formula is C26H30O4. The van der Waals surface area contributed by atoms with Gasteiger partial charge in [-0.15, -0.1) is 0 Å². The van der Waals surface area contributed by atoms with Crippen LogP contribution in [0.25, 0.3) is 11.6 Å². The second-order valence-electron chi connectivity index (χ2n) is 9.34. The lowest BCUT2D eigenvalue weighted by Crippen LogP contribution is -2.52. The van der Waals surface area contributed by atoms with E-state index in [4.69, 9.17) is 0 Å². The number of aliphatic hydroxyl groups excluding tert-OH is 3. The summed E-state index contributed by atoms with van der Waals surface area (Å²) in [6.45, 7) is 0. The first-order valence-electron chi connectivity index (χ1n) is 11.2. The summed E-state index contributed by atoms with van der Waals surface area (Å²) in [5, 5.41) is 44.6. The van der Waals surface area contributed by atoms with E-state index in [2.05, 4.69) is 0 Å². The molecule has 3 unspecified atom stereocenters. The summed E-state index contributed by atoms with van der Waals surface area (Å²) < 4.78 is 0. The smallest absolute Gasteiger partial charge is 0.116 e. The number of fused-ring (bicyclic) bond motifs is 2. The minimum atomic E-state index is -0.585. The number of allylic oxidation sites excluding steroid dienone is 4. The number of benzene rings is 1. The first-order chi connectivity index (χ1) is 14.5. The third-order valence-electron chi connectivity index (χ3n) is 7.71. The van der Waals surface area contributed by atoms with Crippen LogP contribution in [0.3, 0.4) is 0 Å². The normalized spacial score (nSPS) is 32.4. The van der Waals surface area contributed by atoms with Crippen molar-refractivity contribution in [2.45, 2.75) is 57.2 Å². The van der Waals surface area contributed by atoms with Gasteiger partial charge in [0.05, 0.1) is 12.2 Å². The molecule has 1 aromatic rings. The van der Waals surface area contributed by atoms with Crippen LogP contribution < -0.4 is 10.4 Å². The Labute approximate surface area is 176 Å². The fraction of sp³-hybridized carbons (Fsp3) is 0.462. The predicted octanol–water partition coefficient (Wildman–Crippen LogP) is 2.97. The predicted molar refractivity (Wildman–Crippen MR) is 117 cm³/mol. The van der Waals surface area contributed by atoms with Crippen molar-refractivity contribution in [2.75, 3.05) is 0 Å². The Morgan fingerprint density at radius 1 is 0.933 bits per heavy atom. The van der Waals surface area contributed by atoms with Crippen LogP contribution in [-0.2, 0) is 0 Å². The zero-order valence-corrected chi connectivity index (χ0v) is 17.2. The Balaban J connectivity index is 1.74. The van der Waals surface area contributed by atoms with E-state index in [9.17, 15) is 20.4 Å². The van der Waals surface area contributed by atoms with Crippen molar-refractivity contribution in [1.82, 2.24) is 0 Å². The molecule has 4 nitrogen and oxygen atoms in total. The molecule has 0 aliphatic heterocycles. The Kier molecular flexibility index (Phi) is 4.87. The standard InChI is InChI=1S/C26H30O4/c27-18-6-8-20-16(14-18)4-10-22(29)24(20)26(12-2-1-3-13-26)25-21-9-7-19(28)15-17(21)5-11-23(25)30/h4-9,14-15,20,22-24,27-30H,1-3,10-13H2/t20?,22-,23?,24?/m0/s1. The van der Waals surface area contributed by atoms with Gasteiger partial charge in [0.15, 0.2) is 0 Å². The van der Waals surface area contributed by atoms with E-state index in [1.807, 2.05) is 30.4 Å². The number of phenolic OH excluding ortho intramolecular Hbond substituents is 1. The molecule has 0 amide bonds. The summed E-state index contributed by atoms with van der Waals surface area (Å²) in [5.74, 6) is 0.458. The lowest BCUT2D eigenvalue weighted by atomic mass is 9.52. The van der Waals surface area contributed by atoms with Crippen LogP contribution in [0.1, 0.15) is 44.9 Å². The maximum absolute atomic E-state index is 11.3. The largest absolute Gasteiger partial charge is 0.508 e. The van der Waals surface area contributed by atoms with Crippen LogP contribution in [0.15, 0.2) is 53.8 Å². The minimum Gasteiger partial charge on any atom is -0.508 e. The Hall–Kier alpha value is -2.30. The fourth-order valence-corrected chi connectivity index (χ4v) is 6.57. The molecule has 4 N–H and O–H groups in total. The van der Waals surface area contributed by atoms with Gasteiger partial charge in [0.25, 0.3) is 0 Å². The zero-order chi connectivity index (χ0) is 20.9. The molecule has 0 bridgehead atoms. The van der Waals surface area contributed by atoms with Crippen LogP contribution >= 0.6 is 0 Å². The van der Waals surface area contributed by atoms with Crippen molar-refractivity contribution in [3.63, 3.8) is 0 Å². The molecule has 30 heavy (non-hydrogen) atoms. The Bertz CT molecular complexity index is 1050. The van der Waals surface area contributed by atoms with E-state index < -0.39 is 12.2 Å². The molecule has 4 atom stereocenters. The molecule has 0 spiro atoms. The second-order valence-corrected chi connectivity index (χ2v) is 9.34. The van der Waals surface area contributed by atoms with Crippen LogP contribution in [0, 0.1) is 17.3 Å². The van der Waals surface area contributed by atoms with E-state index in [1.165, 1.54) is 6.42 Å². The lowest BCUT2D eigenvalue weighted by Gasteiger charge is -2.53. The van der Waals surface area contributed by atoms with Gasteiger partial charge in [-0.3, -0.25) is 0 Å².